The van der Waals surface area contributed by atoms with E-state index in [1.807, 2.05) is 0 Å². The normalized spacial score (nSPS) is 21.0. The summed E-state index contributed by atoms with van der Waals surface area (Å²) in [5.41, 5.74) is 0. The van der Waals surface area contributed by atoms with Crippen molar-refractivity contribution in [2.75, 3.05) is 13.1 Å². The molecule has 4 nitrogen and oxygen atoms in total. The number of esters is 1. The van der Waals surface area contributed by atoms with Gasteiger partial charge in [-0.15, -0.1) is 0 Å². The van der Waals surface area contributed by atoms with E-state index in [1.165, 1.54) is 0 Å². The Morgan fingerprint density at radius 3 is 2.06 bits per heavy atom. The number of halogens is 6. The van der Waals surface area contributed by atoms with Gasteiger partial charge in [0.2, 0.25) is 0 Å². The van der Waals surface area contributed by atoms with Crippen LogP contribution in [0.3, 0.4) is 0 Å². The number of hydrogen-bond acceptors (Lipinski definition) is 3. The second-order valence-electron chi connectivity index (χ2n) is 3.56. The number of likely N-dealkylation sites (tertiary alicyclic amines) is 1. The van der Waals surface area contributed by atoms with Crippen LogP contribution in [0.4, 0.5) is 26.3 Å². The molecule has 0 aromatic rings. The highest BCUT2D eigenvalue weighted by Gasteiger charge is 2.47. The maximum atomic E-state index is 12.0. The molecule has 0 aliphatic carbocycles. The number of alkyl halides is 6. The largest absolute Gasteiger partial charge is 0.490 e. The summed E-state index contributed by atoms with van der Waals surface area (Å²) in [6, 6.07) is 0. The molecule has 1 rings (SSSR count). The van der Waals surface area contributed by atoms with Gasteiger partial charge >= 0.3 is 24.2 Å². The van der Waals surface area contributed by atoms with Crippen LogP contribution >= 0.6 is 0 Å². The van der Waals surface area contributed by atoms with Gasteiger partial charge in [-0.3, -0.25) is 4.79 Å². The molecule has 1 unspecified atom stereocenters. The summed E-state index contributed by atoms with van der Waals surface area (Å²) in [6.45, 7) is -1.10. The minimum absolute atomic E-state index is 0.260. The van der Waals surface area contributed by atoms with Crippen LogP contribution in [0.5, 0.6) is 0 Å². The van der Waals surface area contributed by atoms with Crippen molar-refractivity contribution < 1.29 is 40.7 Å². The number of hydrogen-bond donors (Lipinski definition) is 0. The number of amides is 1. The zero-order valence-corrected chi connectivity index (χ0v) is 8.64. The SMILES string of the molecule is O=C(OC1CCN(C(=O)C(F)(F)F)C1)C(F)(F)F. The minimum Gasteiger partial charge on any atom is -0.454 e. The van der Waals surface area contributed by atoms with E-state index in [1.54, 1.807) is 0 Å². The fraction of sp³-hybridized carbons (Fsp3) is 0.750. The zero-order chi connectivity index (χ0) is 14.1. The Hall–Kier alpha value is -1.48. The van der Waals surface area contributed by atoms with E-state index in [0.29, 0.717) is 4.90 Å². The Bertz CT molecular complexity index is 350. The topological polar surface area (TPSA) is 46.6 Å². The quantitative estimate of drug-likeness (QED) is 0.536. The minimum atomic E-state index is -5.21. The molecule has 0 N–H and O–H groups in total. The van der Waals surface area contributed by atoms with Gasteiger partial charge in [0.05, 0.1) is 6.54 Å². The molecule has 1 atom stereocenters. The van der Waals surface area contributed by atoms with Gasteiger partial charge in [0, 0.05) is 13.0 Å². The predicted octanol–water partition coefficient (Wildman–Crippen LogP) is 1.26. The fourth-order valence-electron chi connectivity index (χ4n) is 1.41. The summed E-state index contributed by atoms with van der Waals surface area (Å²) in [5, 5.41) is 0. The summed E-state index contributed by atoms with van der Waals surface area (Å²) in [4.78, 5) is 21.5. The molecule has 0 spiro atoms. The lowest BCUT2D eigenvalue weighted by Crippen LogP contribution is -2.40. The molecule has 1 heterocycles. The monoisotopic (exact) mass is 279 g/mol. The third-order valence-corrected chi connectivity index (χ3v) is 2.18. The molecule has 10 heteroatoms. The van der Waals surface area contributed by atoms with Crippen molar-refractivity contribution in [3.05, 3.63) is 0 Å². The molecule has 1 saturated heterocycles. The molecule has 0 aromatic carbocycles. The fourth-order valence-corrected chi connectivity index (χ4v) is 1.41. The van der Waals surface area contributed by atoms with Crippen LogP contribution < -0.4 is 0 Å². The summed E-state index contributed by atoms with van der Waals surface area (Å²) >= 11 is 0. The van der Waals surface area contributed by atoms with Crippen molar-refractivity contribution in [1.29, 1.82) is 0 Å². The smallest absolute Gasteiger partial charge is 0.454 e. The van der Waals surface area contributed by atoms with E-state index < -0.39 is 43.4 Å². The number of ether oxygens (including phenoxy) is 1. The van der Waals surface area contributed by atoms with E-state index in [4.69, 9.17) is 0 Å². The summed E-state index contributed by atoms with van der Waals surface area (Å²) in [5.74, 6) is -4.64. The van der Waals surface area contributed by atoms with E-state index >= 15 is 0 Å². The van der Waals surface area contributed by atoms with Gasteiger partial charge in [-0.05, 0) is 0 Å². The lowest BCUT2D eigenvalue weighted by Gasteiger charge is -2.18. The lowest BCUT2D eigenvalue weighted by atomic mass is 10.3. The molecule has 1 aliphatic heterocycles. The van der Waals surface area contributed by atoms with E-state index in [2.05, 4.69) is 4.74 Å². The predicted molar refractivity (Wildman–Crippen MR) is 43.2 cm³/mol. The summed E-state index contributed by atoms with van der Waals surface area (Å²) in [7, 11) is 0. The second kappa shape index (κ2) is 4.65. The van der Waals surface area contributed by atoms with Gasteiger partial charge in [-0.1, -0.05) is 0 Å². The first-order valence-corrected chi connectivity index (χ1v) is 4.65. The average Bonchev–Trinajstić information content (AvgIpc) is 2.62. The van der Waals surface area contributed by atoms with Gasteiger partial charge in [0.25, 0.3) is 0 Å². The Morgan fingerprint density at radius 1 is 1.06 bits per heavy atom. The maximum Gasteiger partial charge on any atom is 0.490 e. The number of carbonyl (C=O) groups is 2. The van der Waals surface area contributed by atoms with Crippen LogP contribution in [-0.2, 0) is 14.3 Å². The van der Waals surface area contributed by atoms with E-state index in [0.717, 1.165) is 0 Å². The molecule has 1 amide bonds. The van der Waals surface area contributed by atoms with Gasteiger partial charge in [-0.25, -0.2) is 4.79 Å². The van der Waals surface area contributed by atoms with Crippen molar-refractivity contribution in [3.63, 3.8) is 0 Å². The highest BCUT2D eigenvalue weighted by atomic mass is 19.4. The first-order chi connectivity index (χ1) is 8.01. The van der Waals surface area contributed by atoms with Crippen LogP contribution in [0.1, 0.15) is 6.42 Å². The molecular formula is C8H7F6NO3. The van der Waals surface area contributed by atoms with Crippen LogP contribution in [0, 0.1) is 0 Å². The molecule has 0 aromatic heterocycles. The summed E-state index contributed by atoms with van der Waals surface area (Å²) < 4.78 is 75.4. The van der Waals surface area contributed by atoms with Crippen LogP contribution in [-0.4, -0.2) is 48.3 Å². The molecule has 0 bridgehead atoms. The molecule has 18 heavy (non-hydrogen) atoms. The summed E-state index contributed by atoms with van der Waals surface area (Å²) in [6.07, 6.45) is -11.9. The number of carbonyl (C=O) groups excluding carboxylic acids is 2. The van der Waals surface area contributed by atoms with E-state index in [9.17, 15) is 35.9 Å². The number of nitrogens with zero attached hydrogens (tertiary/aromatic N) is 1. The lowest BCUT2D eigenvalue weighted by molar-refractivity contribution is -0.204. The van der Waals surface area contributed by atoms with Crippen LogP contribution in [0.25, 0.3) is 0 Å². The Morgan fingerprint density at radius 2 is 1.61 bits per heavy atom. The van der Waals surface area contributed by atoms with Crippen LogP contribution in [0.2, 0.25) is 0 Å². The third-order valence-electron chi connectivity index (χ3n) is 2.18. The second-order valence-corrected chi connectivity index (χ2v) is 3.56. The van der Waals surface area contributed by atoms with Crippen molar-refractivity contribution in [3.8, 4) is 0 Å². The Labute approximate surface area is 96.5 Å². The van der Waals surface area contributed by atoms with Gasteiger partial charge in [0.15, 0.2) is 0 Å². The average molecular weight is 279 g/mol. The van der Waals surface area contributed by atoms with E-state index in [-0.39, 0.29) is 6.42 Å². The Kier molecular flexibility index (Phi) is 3.77. The molecule has 1 fully saturated rings. The van der Waals surface area contributed by atoms with Gasteiger partial charge in [0.1, 0.15) is 6.10 Å². The van der Waals surface area contributed by atoms with Gasteiger partial charge < -0.3 is 9.64 Å². The highest BCUT2D eigenvalue weighted by Crippen LogP contribution is 2.24. The van der Waals surface area contributed by atoms with Crippen molar-refractivity contribution in [2.24, 2.45) is 0 Å². The first-order valence-electron chi connectivity index (χ1n) is 4.65. The van der Waals surface area contributed by atoms with Gasteiger partial charge in [-0.2, -0.15) is 26.3 Å². The van der Waals surface area contributed by atoms with Crippen LogP contribution in [0.15, 0.2) is 0 Å². The van der Waals surface area contributed by atoms with Crippen molar-refractivity contribution >= 4 is 11.9 Å². The van der Waals surface area contributed by atoms with Crippen molar-refractivity contribution in [2.45, 2.75) is 24.9 Å². The maximum absolute atomic E-state index is 12.0. The third kappa shape index (κ3) is 3.50. The zero-order valence-electron chi connectivity index (χ0n) is 8.64. The molecule has 0 saturated carbocycles. The molecule has 1 aliphatic rings. The molecule has 104 valence electrons. The molecular weight excluding hydrogens is 272 g/mol. The highest BCUT2D eigenvalue weighted by molar-refractivity contribution is 5.82. The number of rotatable bonds is 1. The molecule has 0 radical (unpaired) electrons. The Balaban J connectivity index is 2.53. The van der Waals surface area contributed by atoms with Crippen molar-refractivity contribution in [1.82, 2.24) is 4.90 Å². The standard InChI is InChI=1S/C8H7F6NO3/c9-7(10,11)5(16)15-2-1-4(3-15)18-6(17)8(12,13)14/h4H,1-3H2. The first kappa shape index (κ1) is 14.6.